The Bertz CT molecular complexity index is 401. The first-order valence-electron chi connectivity index (χ1n) is 3.78. The second kappa shape index (κ2) is 6.41. The van der Waals surface area contributed by atoms with Gasteiger partial charge in [0, 0.05) is 10.7 Å². The highest BCUT2D eigenvalue weighted by atomic mass is 127. The first kappa shape index (κ1) is 13.7. The van der Waals surface area contributed by atoms with Crippen molar-refractivity contribution in [3.05, 3.63) is 35.4 Å². The number of benzene rings is 1. The van der Waals surface area contributed by atoms with Crippen molar-refractivity contribution in [2.24, 2.45) is 0 Å². The first-order chi connectivity index (χ1) is 7.00. The van der Waals surface area contributed by atoms with Crippen LogP contribution in [0.1, 0.15) is 0 Å². The number of carbonyl (C=O) groups excluding carboxylic acids is 1. The molecule has 6 heteroatoms. The quantitative estimate of drug-likeness (QED) is 0.452. The van der Waals surface area contributed by atoms with Gasteiger partial charge >= 0.3 is 0 Å². The Morgan fingerprint density at radius 1 is 1.27 bits per heavy atom. The number of halogens is 4. The standard InChI is InChI=1S/C9H5BrClI2NO/c10-8(13)7(12)9(15)14-6-3-1-5(11)2-4-6/h1-4H,(H,14,15)/b8-7-. The van der Waals surface area contributed by atoms with Gasteiger partial charge in [0.2, 0.25) is 0 Å². The minimum atomic E-state index is -0.140. The predicted octanol–water partition coefficient (Wildman–Crippen LogP) is 4.71. The highest BCUT2D eigenvalue weighted by Crippen LogP contribution is 2.26. The van der Waals surface area contributed by atoms with Crippen LogP contribution < -0.4 is 5.32 Å². The van der Waals surface area contributed by atoms with Gasteiger partial charge in [0.15, 0.2) is 0 Å². The Balaban J connectivity index is 2.75. The zero-order chi connectivity index (χ0) is 11.4. The molecule has 2 nitrogen and oxygen atoms in total. The summed E-state index contributed by atoms with van der Waals surface area (Å²) in [6, 6.07) is 6.97. The molecule has 0 saturated heterocycles. The normalized spacial score (nSPS) is 12.0. The minimum Gasteiger partial charge on any atom is -0.322 e. The van der Waals surface area contributed by atoms with E-state index in [0.717, 1.165) is 8.18 Å². The van der Waals surface area contributed by atoms with Crippen molar-refractivity contribution in [3.63, 3.8) is 0 Å². The van der Waals surface area contributed by atoms with Crippen molar-refractivity contribution in [1.82, 2.24) is 0 Å². The molecule has 80 valence electrons. The molecule has 0 saturated carbocycles. The van der Waals surface area contributed by atoms with Gasteiger partial charge < -0.3 is 5.32 Å². The zero-order valence-electron chi connectivity index (χ0n) is 7.23. The number of nitrogens with one attached hydrogen (secondary N) is 1. The second-order valence-electron chi connectivity index (χ2n) is 2.54. The number of amides is 1. The summed E-state index contributed by atoms with van der Waals surface area (Å²) in [6.07, 6.45) is 0. The molecule has 0 bridgehead atoms. The Morgan fingerprint density at radius 2 is 1.80 bits per heavy atom. The average Bonchev–Trinajstić information content (AvgIpc) is 2.20. The van der Waals surface area contributed by atoms with Gasteiger partial charge in [-0.05, 0) is 85.4 Å². The molecule has 1 aromatic carbocycles. The van der Waals surface area contributed by atoms with Crippen molar-refractivity contribution < 1.29 is 4.79 Å². The highest BCUT2D eigenvalue weighted by molar-refractivity contribution is 14.1. The maximum Gasteiger partial charge on any atom is 0.263 e. The lowest BCUT2D eigenvalue weighted by molar-refractivity contribution is -0.112. The number of rotatable bonds is 2. The molecule has 0 fully saturated rings. The molecule has 0 unspecified atom stereocenters. The summed E-state index contributed by atoms with van der Waals surface area (Å²) in [6.45, 7) is 0. The third-order valence-corrected chi connectivity index (χ3v) is 5.46. The van der Waals surface area contributed by atoms with Crippen LogP contribution in [0, 0.1) is 0 Å². The van der Waals surface area contributed by atoms with Crippen molar-refractivity contribution in [1.29, 1.82) is 0 Å². The molecule has 1 N–H and O–H groups in total. The van der Waals surface area contributed by atoms with Crippen molar-refractivity contribution in [3.8, 4) is 0 Å². The molecule has 1 amide bonds. The Labute approximate surface area is 128 Å². The van der Waals surface area contributed by atoms with Gasteiger partial charge in [-0.3, -0.25) is 4.79 Å². The number of hydrogen-bond donors (Lipinski definition) is 1. The number of hydrogen-bond acceptors (Lipinski definition) is 1. The van der Waals surface area contributed by atoms with Gasteiger partial charge in [-0.25, -0.2) is 0 Å². The van der Waals surface area contributed by atoms with Crippen LogP contribution in [0.25, 0.3) is 0 Å². The lowest BCUT2D eigenvalue weighted by atomic mass is 10.3. The van der Waals surface area contributed by atoms with E-state index in [4.69, 9.17) is 11.6 Å². The van der Waals surface area contributed by atoms with Gasteiger partial charge in [0.05, 0.1) is 6.07 Å². The molecular formula is C9H5BrClI2NO. The summed E-state index contributed by atoms with van der Waals surface area (Å²) in [7, 11) is 0. The van der Waals surface area contributed by atoms with E-state index in [1.807, 2.05) is 45.2 Å². The summed E-state index contributed by atoms with van der Waals surface area (Å²) in [5.41, 5.74) is 0.726. The van der Waals surface area contributed by atoms with Crippen LogP contribution in [-0.4, -0.2) is 5.91 Å². The smallest absolute Gasteiger partial charge is 0.263 e. The fourth-order valence-electron chi connectivity index (χ4n) is 0.805. The molecule has 0 aliphatic rings. The van der Waals surface area contributed by atoms with Gasteiger partial charge in [0.25, 0.3) is 5.91 Å². The van der Waals surface area contributed by atoms with Crippen molar-refractivity contribution in [2.45, 2.75) is 0 Å². The van der Waals surface area contributed by atoms with Crippen LogP contribution in [0.4, 0.5) is 5.69 Å². The second-order valence-corrected chi connectivity index (χ2v) is 7.40. The largest absolute Gasteiger partial charge is 0.322 e. The first-order valence-corrected chi connectivity index (χ1v) is 7.11. The molecule has 15 heavy (non-hydrogen) atoms. The lowest BCUT2D eigenvalue weighted by Crippen LogP contribution is -2.11. The fraction of sp³-hybridized carbons (Fsp3) is 0. The zero-order valence-corrected chi connectivity index (χ0v) is 13.9. The topological polar surface area (TPSA) is 29.1 Å². The van der Waals surface area contributed by atoms with E-state index in [2.05, 4.69) is 21.2 Å². The van der Waals surface area contributed by atoms with Crippen LogP contribution in [0.5, 0.6) is 0 Å². The lowest BCUT2D eigenvalue weighted by Gasteiger charge is -2.04. The Kier molecular flexibility index (Phi) is 5.86. The molecule has 0 radical (unpaired) electrons. The molecule has 0 heterocycles. The van der Waals surface area contributed by atoms with Gasteiger partial charge in [-0.2, -0.15) is 0 Å². The van der Waals surface area contributed by atoms with E-state index < -0.39 is 0 Å². The van der Waals surface area contributed by atoms with Gasteiger partial charge in [-0.15, -0.1) is 0 Å². The summed E-state index contributed by atoms with van der Waals surface area (Å²) in [4.78, 5) is 11.6. The summed E-state index contributed by atoms with van der Waals surface area (Å²) in [5, 5.41) is 3.40. The molecule has 0 atom stereocenters. The predicted molar refractivity (Wildman–Crippen MR) is 84.1 cm³/mol. The SMILES string of the molecule is O=C(Nc1ccc(Cl)cc1)/C(I)=C(\Br)I. The van der Waals surface area contributed by atoms with Crippen molar-refractivity contribution in [2.75, 3.05) is 5.32 Å². The molecule has 0 aliphatic heterocycles. The van der Waals surface area contributed by atoms with Gasteiger partial charge in [0.1, 0.15) is 0 Å². The van der Waals surface area contributed by atoms with E-state index in [0.29, 0.717) is 8.60 Å². The summed E-state index contributed by atoms with van der Waals surface area (Å²) < 4.78 is 1.40. The molecule has 0 aromatic heterocycles. The van der Waals surface area contributed by atoms with E-state index in [1.54, 1.807) is 24.3 Å². The summed E-state index contributed by atoms with van der Waals surface area (Å²) >= 11 is 13.0. The van der Waals surface area contributed by atoms with Crippen LogP contribution in [0.15, 0.2) is 30.3 Å². The van der Waals surface area contributed by atoms with Crippen molar-refractivity contribution >= 4 is 84.3 Å². The molecule has 1 rings (SSSR count). The van der Waals surface area contributed by atoms with E-state index in [1.165, 1.54) is 0 Å². The fourth-order valence-corrected chi connectivity index (χ4v) is 1.49. The van der Waals surface area contributed by atoms with Crippen LogP contribution >= 0.6 is 72.7 Å². The monoisotopic (exact) mass is 511 g/mol. The van der Waals surface area contributed by atoms with Crippen LogP contribution in [0.3, 0.4) is 0 Å². The maximum absolute atomic E-state index is 11.6. The van der Waals surface area contributed by atoms with E-state index >= 15 is 0 Å². The highest BCUT2D eigenvalue weighted by Gasteiger charge is 2.09. The van der Waals surface area contributed by atoms with Gasteiger partial charge in [-0.1, -0.05) is 11.6 Å². The van der Waals surface area contributed by atoms with E-state index in [-0.39, 0.29) is 5.91 Å². The van der Waals surface area contributed by atoms with E-state index in [9.17, 15) is 4.79 Å². The average molecular weight is 512 g/mol. The maximum atomic E-state index is 11.6. The number of anilines is 1. The summed E-state index contributed by atoms with van der Waals surface area (Å²) in [5.74, 6) is -0.140. The number of carbonyl (C=O) groups is 1. The third-order valence-electron chi connectivity index (χ3n) is 1.47. The molecular weight excluding hydrogens is 507 g/mol. The minimum absolute atomic E-state index is 0.140. The van der Waals surface area contributed by atoms with Crippen LogP contribution in [-0.2, 0) is 4.79 Å². The molecule has 0 spiro atoms. The Hall–Kier alpha value is 0.660. The molecule has 0 aliphatic carbocycles. The van der Waals surface area contributed by atoms with Crippen LogP contribution in [0.2, 0.25) is 5.02 Å². The molecule has 1 aromatic rings. The Morgan fingerprint density at radius 3 is 2.27 bits per heavy atom. The third kappa shape index (κ3) is 4.58.